The number of hydrogen-bond donors (Lipinski definition) is 1. The van der Waals surface area contributed by atoms with E-state index in [1.807, 2.05) is 17.5 Å². The van der Waals surface area contributed by atoms with E-state index in [2.05, 4.69) is 5.32 Å². The number of esters is 1. The van der Waals surface area contributed by atoms with E-state index in [-0.39, 0.29) is 17.6 Å². The van der Waals surface area contributed by atoms with Crippen LogP contribution in [0.2, 0.25) is 0 Å². The zero-order valence-electron chi connectivity index (χ0n) is 10.8. The predicted molar refractivity (Wildman–Crippen MR) is 77.2 cm³/mol. The van der Waals surface area contributed by atoms with E-state index in [0.717, 1.165) is 18.6 Å². The van der Waals surface area contributed by atoms with Crippen LogP contribution in [-0.4, -0.2) is 29.8 Å². The molecule has 0 aromatic carbocycles. The van der Waals surface area contributed by atoms with Crippen LogP contribution in [0.1, 0.15) is 24.6 Å². The van der Waals surface area contributed by atoms with E-state index >= 15 is 0 Å². The molecule has 1 aromatic heterocycles. The molecule has 0 saturated heterocycles. The lowest BCUT2D eigenvalue weighted by molar-refractivity contribution is -0.152. The van der Waals surface area contributed by atoms with Crippen molar-refractivity contribution in [3.05, 3.63) is 22.4 Å². The summed E-state index contributed by atoms with van der Waals surface area (Å²) in [5, 5.41) is 4.83. The Balaban J connectivity index is 1.61. The van der Waals surface area contributed by atoms with Crippen molar-refractivity contribution in [3.8, 4) is 0 Å². The van der Waals surface area contributed by atoms with Crippen LogP contribution in [0.3, 0.4) is 0 Å². The fourth-order valence-electron chi connectivity index (χ4n) is 1.46. The number of thiophene rings is 1. The van der Waals surface area contributed by atoms with Gasteiger partial charge in [-0.05, 0) is 31.2 Å². The van der Waals surface area contributed by atoms with Crippen molar-refractivity contribution in [3.63, 3.8) is 0 Å². The molecule has 1 atom stereocenters. The van der Waals surface area contributed by atoms with Crippen molar-refractivity contribution in [2.45, 2.75) is 37.7 Å². The largest absolute Gasteiger partial charge is 0.452 e. The Morgan fingerprint density at radius 3 is 3.00 bits per heavy atom. The van der Waals surface area contributed by atoms with Crippen molar-refractivity contribution in [2.24, 2.45) is 0 Å². The topological polar surface area (TPSA) is 55.4 Å². The summed E-state index contributed by atoms with van der Waals surface area (Å²) in [4.78, 5) is 24.4. The lowest BCUT2D eigenvalue weighted by Crippen LogP contribution is -2.37. The second-order valence-electron chi connectivity index (χ2n) is 4.49. The maximum atomic E-state index is 11.6. The third-order valence-electron chi connectivity index (χ3n) is 2.65. The number of nitrogens with one attached hydrogen (secondary N) is 1. The summed E-state index contributed by atoms with van der Waals surface area (Å²) in [5.74, 6) is 0.549. The van der Waals surface area contributed by atoms with Crippen LogP contribution in [0.5, 0.6) is 0 Å². The maximum absolute atomic E-state index is 11.6. The van der Waals surface area contributed by atoms with Crippen LogP contribution in [-0.2, 0) is 20.1 Å². The standard InChI is InChI=1S/C13H17NO3S2/c1-9(13(16)14-10-4-5-10)17-12(15)8-18-7-11-3-2-6-19-11/h2-3,6,9-10H,4-5,7-8H2,1H3,(H,14,16)/t9-/m0/s1. The predicted octanol–water partition coefficient (Wildman–Crippen LogP) is 2.19. The van der Waals surface area contributed by atoms with Gasteiger partial charge in [0.2, 0.25) is 0 Å². The minimum Gasteiger partial charge on any atom is -0.452 e. The van der Waals surface area contributed by atoms with E-state index < -0.39 is 6.10 Å². The average molecular weight is 299 g/mol. The van der Waals surface area contributed by atoms with Crippen LogP contribution in [0.15, 0.2) is 17.5 Å². The molecular weight excluding hydrogens is 282 g/mol. The molecule has 1 aliphatic rings. The van der Waals surface area contributed by atoms with Gasteiger partial charge < -0.3 is 10.1 Å². The van der Waals surface area contributed by atoms with Gasteiger partial charge in [0.1, 0.15) is 0 Å². The number of thioether (sulfide) groups is 1. The minimum absolute atomic E-state index is 0.195. The fourth-order valence-corrected chi connectivity index (χ4v) is 3.11. The lowest BCUT2D eigenvalue weighted by atomic mass is 10.3. The Kier molecular flexibility index (Phi) is 5.27. The number of hydrogen-bond acceptors (Lipinski definition) is 5. The normalized spacial score (nSPS) is 15.8. The highest BCUT2D eigenvalue weighted by molar-refractivity contribution is 7.99. The molecule has 1 saturated carbocycles. The van der Waals surface area contributed by atoms with Gasteiger partial charge >= 0.3 is 5.97 Å². The summed E-state index contributed by atoms with van der Waals surface area (Å²) >= 11 is 3.17. The second-order valence-corrected chi connectivity index (χ2v) is 6.50. The Bertz CT molecular complexity index is 429. The summed E-state index contributed by atoms with van der Waals surface area (Å²) in [6, 6.07) is 4.32. The smallest absolute Gasteiger partial charge is 0.316 e. The van der Waals surface area contributed by atoms with Gasteiger partial charge in [0.15, 0.2) is 6.10 Å². The number of amides is 1. The molecule has 0 bridgehead atoms. The van der Waals surface area contributed by atoms with Crippen molar-refractivity contribution < 1.29 is 14.3 Å². The van der Waals surface area contributed by atoms with Gasteiger partial charge in [-0.15, -0.1) is 23.1 Å². The Morgan fingerprint density at radius 1 is 1.58 bits per heavy atom. The fraction of sp³-hybridized carbons (Fsp3) is 0.538. The third-order valence-corrected chi connectivity index (χ3v) is 4.66. The average Bonchev–Trinajstić information content (AvgIpc) is 3.03. The van der Waals surface area contributed by atoms with Gasteiger partial charge in [-0.25, -0.2) is 0 Å². The van der Waals surface area contributed by atoms with Gasteiger partial charge in [-0.1, -0.05) is 6.07 Å². The van der Waals surface area contributed by atoms with Gasteiger partial charge in [0, 0.05) is 16.7 Å². The molecule has 6 heteroatoms. The van der Waals surface area contributed by atoms with Crippen LogP contribution < -0.4 is 5.32 Å². The number of ether oxygens (including phenoxy) is 1. The molecule has 1 N–H and O–H groups in total. The monoisotopic (exact) mass is 299 g/mol. The Hall–Kier alpha value is -1.01. The molecule has 1 aromatic rings. The number of carbonyl (C=O) groups excluding carboxylic acids is 2. The molecule has 1 fully saturated rings. The minimum atomic E-state index is -0.699. The number of rotatable bonds is 7. The van der Waals surface area contributed by atoms with Gasteiger partial charge in [0.25, 0.3) is 5.91 Å². The van der Waals surface area contributed by atoms with Gasteiger partial charge in [-0.2, -0.15) is 0 Å². The molecule has 0 aliphatic heterocycles. The van der Waals surface area contributed by atoms with Crippen molar-refractivity contribution in [1.29, 1.82) is 0 Å². The maximum Gasteiger partial charge on any atom is 0.316 e. The SMILES string of the molecule is C[C@H](OC(=O)CSCc1cccs1)C(=O)NC1CC1. The molecule has 0 radical (unpaired) electrons. The summed E-state index contributed by atoms with van der Waals surface area (Å²) in [6.45, 7) is 1.61. The molecule has 1 aliphatic carbocycles. The zero-order valence-corrected chi connectivity index (χ0v) is 12.4. The summed E-state index contributed by atoms with van der Waals surface area (Å²) in [6.07, 6.45) is 1.36. The molecule has 19 heavy (non-hydrogen) atoms. The van der Waals surface area contributed by atoms with E-state index in [9.17, 15) is 9.59 Å². The van der Waals surface area contributed by atoms with Crippen molar-refractivity contribution >= 4 is 35.0 Å². The van der Waals surface area contributed by atoms with Crippen LogP contribution in [0.4, 0.5) is 0 Å². The summed E-state index contributed by atoms with van der Waals surface area (Å²) in [5.41, 5.74) is 0. The molecule has 4 nitrogen and oxygen atoms in total. The van der Waals surface area contributed by atoms with Gasteiger partial charge in [0.05, 0.1) is 5.75 Å². The van der Waals surface area contributed by atoms with Crippen LogP contribution in [0, 0.1) is 0 Å². The Labute approximate surface area is 120 Å². The summed E-state index contributed by atoms with van der Waals surface area (Å²) in [7, 11) is 0. The van der Waals surface area contributed by atoms with E-state index in [1.54, 1.807) is 18.3 Å². The highest BCUT2D eigenvalue weighted by atomic mass is 32.2. The van der Waals surface area contributed by atoms with Crippen LogP contribution in [0.25, 0.3) is 0 Å². The lowest BCUT2D eigenvalue weighted by Gasteiger charge is -2.12. The molecular formula is C13H17NO3S2. The Morgan fingerprint density at radius 2 is 2.37 bits per heavy atom. The van der Waals surface area contributed by atoms with E-state index in [4.69, 9.17) is 4.74 Å². The summed E-state index contributed by atoms with van der Waals surface area (Å²) < 4.78 is 5.09. The molecule has 1 amide bonds. The first-order chi connectivity index (χ1) is 9.15. The second kappa shape index (κ2) is 6.96. The van der Waals surface area contributed by atoms with E-state index in [0.29, 0.717) is 6.04 Å². The first-order valence-electron chi connectivity index (χ1n) is 6.25. The quantitative estimate of drug-likeness (QED) is 0.784. The van der Waals surface area contributed by atoms with Crippen molar-refractivity contribution in [2.75, 3.05) is 5.75 Å². The molecule has 1 heterocycles. The third kappa shape index (κ3) is 5.24. The van der Waals surface area contributed by atoms with Gasteiger partial charge in [-0.3, -0.25) is 9.59 Å². The van der Waals surface area contributed by atoms with Crippen LogP contribution >= 0.6 is 23.1 Å². The highest BCUT2D eigenvalue weighted by Gasteiger charge is 2.27. The van der Waals surface area contributed by atoms with E-state index in [1.165, 1.54) is 16.6 Å². The molecule has 0 unspecified atom stereocenters. The first kappa shape index (κ1) is 14.4. The molecule has 104 valence electrons. The first-order valence-corrected chi connectivity index (χ1v) is 8.28. The highest BCUT2D eigenvalue weighted by Crippen LogP contribution is 2.19. The molecule has 2 rings (SSSR count). The molecule has 0 spiro atoms. The number of carbonyl (C=O) groups is 2. The van der Waals surface area contributed by atoms with Crippen molar-refractivity contribution in [1.82, 2.24) is 5.32 Å². The zero-order chi connectivity index (χ0) is 13.7.